The molecule has 1 N–H and O–H groups in total. The number of aliphatic carboxylic acids is 1. The van der Waals surface area contributed by atoms with Gasteiger partial charge in [-0.25, -0.2) is 4.79 Å². The van der Waals surface area contributed by atoms with Crippen LogP contribution in [-0.2, 0) is 4.79 Å². The highest BCUT2D eigenvalue weighted by atomic mass is 16.4. The number of carboxylic acids is 1. The van der Waals surface area contributed by atoms with Crippen molar-refractivity contribution in [2.24, 2.45) is 0 Å². The average Bonchev–Trinajstić information content (AvgIpc) is 2.16. The van der Waals surface area contributed by atoms with Gasteiger partial charge < -0.3 is 5.11 Å². The van der Waals surface area contributed by atoms with Crippen LogP contribution in [0.25, 0.3) is 6.08 Å². The van der Waals surface area contributed by atoms with Crippen molar-refractivity contribution in [3.63, 3.8) is 0 Å². The number of rotatable bonds is 3. The van der Waals surface area contributed by atoms with Gasteiger partial charge in [-0.05, 0) is 37.5 Å². The van der Waals surface area contributed by atoms with Gasteiger partial charge in [0.05, 0.1) is 0 Å². The van der Waals surface area contributed by atoms with Gasteiger partial charge in [-0.1, -0.05) is 30.7 Å². The third-order valence-electron chi connectivity index (χ3n) is 2.41. The molecule has 0 aromatic heterocycles. The number of carbonyl (C=O) groups is 1. The topological polar surface area (TPSA) is 37.3 Å². The van der Waals surface area contributed by atoms with Crippen molar-refractivity contribution in [3.05, 3.63) is 40.5 Å². The minimum absolute atomic E-state index is 0.446. The van der Waals surface area contributed by atoms with Gasteiger partial charge in [-0.3, -0.25) is 0 Å². The lowest BCUT2D eigenvalue weighted by Gasteiger charge is -2.03. The molecule has 0 spiro atoms. The second-order valence-electron chi connectivity index (χ2n) is 3.69. The molecule has 0 bridgehead atoms. The van der Waals surface area contributed by atoms with Gasteiger partial charge in [-0.15, -0.1) is 0 Å². The molecule has 0 amide bonds. The van der Waals surface area contributed by atoms with Crippen molar-refractivity contribution in [1.82, 2.24) is 0 Å². The largest absolute Gasteiger partial charge is 0.478 e. The average molecular weight is 204 g/mol. The highest BCUT2D eigenvalue weighted by Crippen LogP contribution is 2.15. The molecule has 15 heavy (non-hydrogen) atoms. The second-order valence-corrected chi connectivity index (χ2v) is 3.69. The van der Waals surface area contributed by atoms with Crippen molar-refractivity contribution in [3.8, 4) is 0 Å². The number of benzene rings is 1. The van der Waals surface area contributed by atoms with Gasteiger partial charge in [-0.2, -0.15) is 0 Å². The molecular weight excluding hydrogens is 188 g/mol. The van der Waals surface area contributed by atoms with Crippen LogP contribution in [0.15, 0.2) is 23.8 Å². The van der Waals surface area contributed by atoms with E-state index in [4.69, 9.17) is 5.11 Å². The molecule has 0 radical (unpaired) electrons. The summed E-state index contributed by atoms with van der Waals surface area (Å²) in [5, 5.41) is 8.91. The maximum atomic E-state index is 10.8. The third kappa shape index (κ3) is 2.94. The highest BCUT2D eigenvalue weighted by Gasteiger charge is 2.05. The van der Waals surface area contributed by atoms with Crippen LogP contribution < -0.4 is 0 Å². The van der Waals surface area contributed by atoms with Gasteiger partial charge in [0, 0.05) is 5.57 Å². The summed E-state index contributed by atoms with van der Waals surface area (Å²) >= 11 is 0. The molecule has 0 fully saturated rings. The molecule has 1 aromatic rings. The maximum Gasteiger partial charge on any atom is 0.331 e. The van der Waals surface area contributed by atoms with Crippen molar-refractivity contribution in [1.29, 1.82) is 0 Å². The molecule has 0 aliphatic heterocycles. The molecule has 0 atom stereocenters. The molecule has 1 aromatic carbocycles. The normalized spacial score (nSPS) is 11.5. The molecule has 0 saturated heterocycles. The molecule has 0 heterocycles. The van der Waals surface area contributed by atoms with Crippen LogP contribution in [0, 0.1) is 13.8 Å². The standard InChI is InChI=1S/C13H16O2/c1-4-11(13(14)15)8-12-6-5-9(2)7-10(12)3/h5-8H,4H2,1-3H3,(H,14,15). The first-order chi connectivity index (χ1) is 7.04. The lowest BCUT2D eigenvalue weighted by Crippen LogP contribution is -1.99. The predicted molar refractivity (Wildman–Crippen MR) is 61.8 cm³/mol. The van der Waals surface area contributed by atoms with Crippen LogP contribution >= 0.6 is 0 Å². The van der Waals surface area contributed by atoms with E-state index in [1.807, 2.05) is 32.9 Å². The Morgan fingerprint density at radius 2 is 2.07 bits per heavy atom. The fourth-order valence-corrected chi connectivity index (χ4v) is 1.49. The Labute approximate surface area is 90.3 Å². The number of aryl methyl sites for hydroxylation is 2. The van der Waals surface area contributed by atoms with Gasteiger partial charge >= 0.3 is 5.97 Å². The summed E-state index contributed by atoms with van der Waals surface area (Å²) in [6.45, 7) is 5.87. The molecule has 0 saturated carbocycles. The molecule has 2 heteroatoms. The third-order valence-corrected chi connectivity index (χ3v) is 2.41. The van der Waals surface area contributed by atoms with Crippen molar-refractivity contribution < 1.29 is 9.90 Å². The fourth-order valence-electron chi connectivity index (χ4n) is 1.49. The van der Waals surface area contributed by atoms with Crippen molar-refractivity contribution in [2.75, 3.05) is 0 Å². The van der Waals surface area contributed by atoms with Crippen LogP contribution in [0.4, 0.5) is 0 Å². The lowest BCUT2D eigenvalue weighted by atomic mass is 10.0. The summed E-state index contributed by atoms with van der Waals surface area (Å²) < 4.78 is 0. The molecule has 80 valence electrons. The summed E-state index contributed by atoms with van der Waals surface area (Å²) in [6, 6.07) is 6.01. The van der Waals surface area contributed by atoms with Gasteiger partial charge in [0.1, 0.15) is 0 Å². The van der Waals surface area contributed by atoms with E-state index < -0.39 is 5.97 Å². The summed E-state index contributed by atoms with van der Waals surface area (Å²) in [7, 11) is 0. The Morgan fingerprint density at radius 1 is 1.40 bits per heavy atom. The van der Waals surface area contributed by atoms with E-state index in [0.29, 0.717) is 12.0 Å². The summed E-state index contributed by atoms with van der Waals surface area (Å²) in [5.74, 6) is -0.836. The first kappa shape index (κ1) is 11.5. The number of carboxylic acid groups (broad SMARTS) is 1. The Morgan fingerprint density at radius 3 is 2.53 bits per heavy atom. The van der Waals surface area contributed by atoms with E-state index in [-0.39, 0.29) is 0 Å². The summed E-state index contributed by atoms with van der Waals surface area (Å²) in [6.07, 6.45) is 2.29. The van der Waals surface area contributed by atoms with Crippen molar-refractivity contribution in [2.45, 2.75) is 27.2 Å². The molecule has 1 rings (SSSR count). The van der Waals surface area contributed by atoms with Crippen LogP contribution in [0.3, 0.4) is 0 Å². The smallest absolute Gasteiger partial charge is 0.331 e. The van der Waals surface area contributed by atoms with Gasteiger partial charge in [0.25, 0.3) is 0 Å². The zero-order chi connectivity index (χ0) is 11.4. The molecule has 0 aliphatic carbocycles. The van der Waals surface area contributed by atoms with Crippen LogP contribution in [0.2, 0.25) is 0 Å². The Hall–Kier alpha value is -1.57. The number of hydrogen-bond acceptors (Lipinski definition) is 1. The first-order valence-corrected chi connectivity index (χ1v) is 5.05. The van der Waals surface area contributed by atoms with Crippen LogP contribution in [0.5, 0.6) is 0 Å². The van der Waals surface area contributed by atoms with E-state index in [9.17, 15) is 4.79 Å². The minimum Gasteiger partial charge on any atom is -0.478 e. The molecule has 0 unspecified atom stereocenters. The Balaban J connectivity index is 3.12. The maximum absolute atomic E-state index is 10.8. The van der Waals surface area contributed by atoms with Gasteiger partial charge in [0.2, 0.25) is 0 Å². The van der Waals surface area contributed by atoms with Crippen molar-refractivity contribution >= 4 is 12.0 Å². The Bertz CT molecular complexity index is 403. The van der Waals surface area contributed by atoms with E-state index in [2.05, 4.69) is 6.07 Å². The van der Waals surface area contributed by atoms with E-state index in [0.717, 1.165) is 11.1 Å². The second kappa shape index (κ2) is 4.78. The quantitative estimate of drug-likeness (QED) is 0.768. The zero-order valence-corrected chi connectivity index (χ0v) is 9.37. The fraction of sp³-hybridized carbons (Fsp3) is 0.308. The molecule has 0 aliphatic rings. The van der Waals surface area contributed by atoms with Crippen LogP contribution in [0.1, 0.15) is 30.0 Å². The SMILES string of the molecule is CCC(=Cc1ccc(C)cc1C)C(=O)O. The highest BCUT2D eigenvalue weighted by molar-refractivity contribution is 5.92. The summed E-state index contributed by atoms with van der Waals surface area (Å²) in [5.41, 5.74) is 3.74. The Kier molecular flexibility index (Phi) is 3.67. The van der Waals surface area contributed by atoms with E-state index in [1.165, 1.54) is 5.56 Å². The monoisotopic (exact) mass is 204 g/mol. The minimum atomic E-state index is -0.836. The molecular formula is C13H16O2. The van der Waals surface area contributed by atoms with E-state index in [1.54, 1.807) is 6.08 Å². The van der Waals surface area contributed by atoms with Crippen LogP contribution in [-0.4, -0.2) is 11.1 Å². The lowest BCUT2D eigenvalue weighted by molar-refractivity contribution is -0.132. The summed E-state index contributed by atoms with van der Waals surface area (Å²) in [4.78, 5) is 10.8. The van der Waals surface area contributed by atoms with Gasteiger partial charge in [0.15, 0.2) is 0 Å². The zero-order valence-electron chi connectivity index (χ0n) is 9.37. The first-order valence-electron chi connectivity index (χ1n) is 5.05. The predicted octanol–water partition coefficient (Wildman–Crippen LogP) is 3.18. The van der Waals surface area contributed by atoms with E-state index >= 15 is 0 Å². The molecule has 2 nitrogen and oxygen atoms in total. The number of hydrogen-bond donors (Lipinski definition) is 1.